The summed E-state index contributed by atoms with van der Waals surface area (Å²) in [6, 6.07) is 18.1. The molecule has 5 rings (SSSR count). The summed E-state index contributed by atoms with van der Waals surface area (Å²) in [6.07, 6.45) is 8.74. The van der Waals surface area contributed by atoms with Crippen LogP contribution < -0.4 is 10.1 Å². The number of imidazole rings is 1. The monoisotopic (exact) mass is 483 g/mol. The Morgan fingerprint density at radius 1 is 1.08 bits per heavy atom. The van der Waals surface area contributed by atoms with Crippen molar-refractivity contribution in [2.24, 2.45) is 0 Å². The van der Waals surface area contributed by atoms with Crippen LogP contribution in [0.3, 0.4) is 0 Å². The van der Waals surface area contributed by atoms with E-state index < -0.39 is 0 Å². The van der Waals surface area contributed by atoms with Crippen LogP contribution in [0.5, 0.6) is 5.75 Å². The number of hydrogen-bond donors (Lipinski definition) is 1. The van der Waals surface area contributed by atoms with E-state index in [1.165, 1.54) is 24.8 Å². The molecule has 2 heterocycles. The molecule has 1 N–H and O–H groups in total. The average Bonchev–Trinajstić information content (AvgIpc) is 3.57. The number of amides is 1. The third-order valence-corrected chi connectivity index (χ3v) is 7.02. The molecule has 36 heavy (non-hydrogen) atoms. The normalized spacial score (nSPS) is 14.1. The van der Waals surface area contributed by atoms with Crippen LogP contribution in [-0.2, 0) is 6.42 Å². The number of nitrogens with zero attached hydrogens (tertiary/aromatic N) is 2. The Bertz CT molecular complexity index is 1320. The van der Waals surface area contributed by atoms with Crippen LogP contribution >= 0.6 is 0 Å². The topological polar surface area (TPSA) is 69.3 Å². The van der Waals surface area contributed by atoms with Gasteiger partial charge in [0.1, 0.15) is 11.4 Å². The first kappa shape index (κ1) is 23.9. The van der Waals surface area contributed by atoms with Gasteiger partial charge in [0, 0.05) is 23.4 Å². The number of furan rings is 1. The fraction of sp³-hybridized carbons (Fsp3) is 0.333. The van der Waals surface area contributed by atoms with E-state index in [0.29, 0.717) is 23.2 Å². The zero-order valence-corrected chi connectivity index (χ0v) is 21.2. The van der Waals surface area contributed by atoms with Crippen molar-refractivity contribution in [2.75, 3.05) is 12.4 Å². The Morgan fingerprint density at radius 2 is 1.86 bits per heavy atom. The lowest BCUT2D eigenvalue weighted by Gasteiger charge is -2.24. The molecule has 1 fully saturated rings. The number of anilines is 1. The lowest BCUT2D eigenvalue weighted by molar-refractivity contribution is 0.0997. The number of ether oxygens (including phenoxy) is 1. The van der Waals surface area contributed by atoms with Crippen LogP contribution in [0.25, 0.3) is 22.7 Å². The van der Waals surface area contributed by atoms with Crippen LogP contribution in [0.2, 0.25) is 0 Å². The Labute approximate surface area is 212 Å². The van der Waals surface area contributed by atoms with Gasteiger partial charge in [-0.3, -0.25) is 4.79 Å². The Kier molecular flexibility index (Phi) is 6.94. The Hall–Kier alpha value is -3.80. The largest absolute Gasteiger partial charge is 0.497 e. The van der Waals surface area contributed by atoms with Crippen molar-refractivity contribution in [3.8, 4) is 28.5 Å². The number of aryl methyl sites for hydroxylation is 2. The lowest BCUT2D eigenvalue weighted by atomic mass is 9.95. The maximum atomic E-state index is 13.1. The molecule has 0 saturated heterocycles. The van der Waals surface area contributed by atoms with E-state index in [4.69, 9.17) is 14.1 Å². The number of aromatic nitrogens is 2. The smallest absolute Gasteiger partial charge is 0.291 e. The van der Waals surface area contributed by atoms with Crippen molar-refractivity contribution in [3.05, 3.63) is 77.8 Å². The van der Waals surface area contributed by atoms with Gasteiger partial charge in [0.2, 0.25) is 0 Å². The minimum Gasteiger partial charge on any atom is -0.497 e. The lowest BCUT2D eigenvalue weighted by Crippen LogP contribution is -2.13. The summed E-state index contributed by atoms with van der Waals surface area (Å²) in [5, 5.41) is 2.96. The van der Waals surface area contributed by atoms with Gasteiger partial charge in [-0.25, -0.2) is 4.98 Å². The maximum Gasteiger partial charge on any atom is 0.291 e. The molecule has 2 aromatic carbocycles. The van der Waals surface area contributed by atoms with E-state index in [-0.39, 0.29) is 11.7 Å². The van der Waals surface area contributed by atoms with Crippen molar-refractivity contribution in [3.63, 3.8) is 0 Å². The zero-order valence-electron chi connectivity index (χ0n) is 21.2. The molecule has 0 unspecified atom stereocenters. The van der Waals surface area contributed by atoms with Crippen molar-refractivity contribution in [2.45, 2.75) is 58.4 Å². The van der Waals surface area contributed by atoms with Gasteiger partial charge in [0.05, 0.1) is 19.1 Å². The summed E-state index contributed by atoms with van der Waals surface area (Å²) in [4.78, 5) is 17.9. The molecule has 6 heteroatoms. The molecule has 0 atom stereocenters. The molecule has 0 bridgehead atoms. The second-order valence-electron chi connectivity index (χ2n) is 9.55. The van der Waals surface area contributed by atoms with E-state index in [2.05, 4.69) is 48.0 Å². The van der Waals surface area contributed by atoms with Crippen molar-refractivity contribution in [1.29, 1.82) is 0 Å². The number of carbonyl (C=O) groups excluding carboxylic acids is 1. The molecule has 0 spiro atoms. The van der Waals surface area contributed by atoms with E-state index in [9.17, 15) is 4.79 Å². The molecule has 6 nitrogen and oxygen atoms in total. The molecule has 186 valence electrons. The molecule has 4 aromatic rings. The van der Waals surface area contributed by atoms with Gasteiger partial charge >= 0.3 is 0 Å². The molecule has 2 aromatic heterocycles. The SMILES string of the molecule is CCc1cc(NC(=O)c2ccc(-c3c(-c4ccc(C)cc4)ncn3C3CCCCC3)o2)cc(OC)c1. The highest BCUT2D eigenvalue weighted by Gasteiger charge is 2.25. The fourth-order valence-corrected chi connectivity index (χ4v) is 5.00. The second kappa shape index (κ2) is 10.4. The van der Waals surface area contributed by atoms with Gasteiger partial charge in [-0.1, -0.05) is 56.0 Å². The van der Waals surface area contributed by atoms with Gasteiger partial charge in [-0.05, 0) is 56.0 Å². The van der Waals surface area contributed by atoms with Gasteiger partial charge < -0.3 is 19.0 Å². The summed E-state index contributed by atoms with van der Waals surface area (Å²) < 4.78 is 13.8. The molecular formula is C30H33N3O3. The predicted molar refractivity (Wildman–Crippen MR) is 143 cm³/mol. The summed E-state index contributed by atoms with van der Waals surface area (Å²) in [7, 11) is 1.63. The van der Waals surface area contributed by atoms with Crippen LogP contribution in [0.15, 0.2) is 65.3 Å². The highest BCUT2D eigenvalue weighted by atomic mass is 16.5. The summed E-state index contributed by atoms with van der Waals surface area (Å²) >= 11 is 0. The molecule has 1 saturated carbocycles. The molecule has 0 aliphatic heterocycles. The van der Waals surface area contributed by atoms with Crippen molar-refractivity contribution >= 4 is 11.6 Å². The van der Waals surface area contributed by atoms with Crippen LogP contribution in [-0.4, -0.2) is 22.6 Å². The van der Waals surface area contributed by atoms with Gasteiger partial charge in [-0.2, -0.15) is 0 Å². The highest BCUT2D eigenvalue weighted by Crippen LogP contribution is 2.38. The third kappa shape index (κ3) is 4.94. The fourth-order valence-electron chi connectivity index (χ4n) is 5.00. The van der Waals surface area contributed by atoms with E-state index in [0.717, 1.165) is 41.8 Å². The van der Waals surface area contributed by atoms with E-state index >= 15 is 0 Å². The minimum absolute atomic E-state index is 0.261. The van der Waals surface area contributed by atoms with Gasteiger partial charge in [-0.15, -0.1) is 0 Å². The number of hydrogen-bond acceptors (Lipinski definition) is 4. The summed E-state index contributed by atoms with van der Waals surface area (Å²) in [6.45, 7) is 4.15. The maximum absolute atomic E-state index is 13.1. The number of carbonyl (C=O) groups is 1. The first-order valence-electron chi connectivity index (χ1n) is 12.8. The van der Waals surface area contributed by atoms with Crippen LogP contribution in [0.4, 0.5) is 5.69 Å². The molecule has 1 aliphatic rings. The standard InChI is InChI=1S/C30H33N3O3/c1-4-21-16-23(18-25(17-21)35-3)32-30(34)27-15-14-26(36-27)29-28(22-12-10-20(2)11-13-22)31-19-33(29)24-8-6-5-7-9-24/h10-19,24H,4-9H2,1-3H3,(H,32,34). The average molecular weight is 484 g/mol. The molecule has 1 amide bonds. The Balaban J connectivity index is 1.48. The number of methoxy groups -OCH3 is 1. The van der Waals surface area contributed by atoms with Gasteiger partial charge in [0.15, 0.2) is 11.5 Å². The first-order chi connectivity index (χ1) is 17.6. The quantitative estimate of drug-likeness (QED) is 0.296. The third-order valence-electron chi connectivity index (χ3n) is 7.02. The molecule has 0 radical (unpaired) electrons. The number of rotatable bonds is 7. The molecule has 1 aliphatic carbocycles. The van der Waals surface area contributed by atoms with Crippen molar-refractivity contribution in [1.82, 2.24) is 9.55 Å². The van der Waals surface area contributed by atoms with E-state index in [1.807, 2.05) is 30.6 Å². The molecular weight excluding hydrogens is 450 g/mol. The highest BCUT2D eigenvalue weighted by molar-refractivity contribution is 6.02. The summed E-state index contributed by atoms with van der Waals surface area (Å²) in [5.74, 6) is 1.33. The Morgan fingerprint density at radius 3 is 2.58 bits per heavy atom. The number of benzene rings is 2. The first-order valence-corrected chi connectivity index (χ1v) is 12.8. The minimum atomic E-state index is -0.294. The van der Waals surface area contributed by atoms with Crippen LogP contribution in [0, 0.1) is 6.92 Å². The second-order valence-corrected chi connectivity index (χ2v) is 9.55. The van der Waals surface area contributed by atoms with Gasteiger partial charge in [0.25, 0.3) is 5.91 Å². The predicted octanol–water partition coefficient (Wildman–Crippen LogP) is 7.45. The van der Waals surface area contributed by atoms with E-state index in [1.54, 1.807) is 13.2 Å². The number of nitrogens with one attached hydrogen (secondary N) is 1. The van der Waals surface area contributed by atoms with Crippen molar-refractivity contribution < 1.29 is 13.9 Å². The zero-order chi connectivity index (χ0) is 25.1. The summed E-state index contributed by atoms with van der Waals surface area (Å²) in [5.41, 5.74) is 5.82. The van der Waals surface area contributed by atoms with Crippen LogP contribution in [0.1, 0.15) is 66.8 Å².